The van der Waals surface area contributed by atoms with Crippen LogP contribution in [0.2, 0.25) is 0 Å². The van der Waals surface area contributed by atoms with E-state index in [1.54, 1.807) is 19.1 Å². The van der Waals surface area contributed by atoms with Crippen LogP contribution in [-0.2, 0) is 4.79 Å². The molecule has 1 amide bonds. The van der Waals surface area contributed by atoms with Crippen molar-refractivity contribution in [3.8, 4) is 0 Å². The van der Waals surface area contributed by atoms with Gasteiger partial charge in [-0.05, 0) is 30.9 Å². The third-order valence-corrected chi connectivity index (χ3v) is 6.42. The zero-order valence-electron chi connectivity index (χ0n) is 16.0. The van der Waals surface area contributed by atoms with Crippen LogP contribution < -0.4 is 4.90 Å². The van der Waals surface area contributed by atoms with Crippen molar-refractivity contribution in [2.45, 2.75) is 24.2 Å². The molecule has 1 N–H and O–H groups in total. The van der Waals surface area contributed by atoms with E-state index in [9.17, 15) is 19.1 Å². The van der Waals surface area contributed by atoms with Gasteiger partial charge in [0, 0.05) is 5.56 Å². The van der Waals surface area contributed by atoms with Crippen molar-refractivity contribution in [2.24, 2.45) is 0 Å². The Bertz CT molecular complexity index is 1170. The van der Waals surface area contributed by atoms with Crippen LogP contribution in [0.5, 0.6) is 0 Å². The lowest BCUT2D eigenvalue weighted by Gasteiger charge is -2.24. The summed E-state index contributed by atoms with van der Waals surface area (Å²) < 4.78 is 20.7. The molecule has 7 nitrogen and oxygen atoms in total. The molecule has 1 aliphatic rings. The minimum atomic E-state index is -1.20. The summed E-state index contributed by atoms with van der Waals surface area (Å²) in [4.78, 5) is 27.2. The van der Waals surface area contributed by atoms with Crippen LogP contribution in [0, 0.1) is 12.7 Å². The molecule has 2 aromatic heterocycles. The number of nitrogens with zero attached hydrogens (tertiary/aromatic N) is 3. The van der Waals surface area contributed by atoms with Crippen LogP contribution in [0.25, 0.3) is 0 Å². The van der Waals surface area contributed by atoms with E-state index in [0.29, 0.717) is 10.1 Å². The van der Waals surface area contributed by atoms with Gasteiger partial charge in [-0.15, -0.1) is 10.2 Å². The van der Waals surface area contributed by atoms with Crippen molar-refractivity contribution >= 4 is 39.9 Å². The van der Waals surface area contributed by atoms with Crippen LogP contribution >= 0.6 is 23.1 Å². The molecule has 10 heteroatoms. The molecule has 154 valence electrons. The van der Waals surface area contributed by atoms with Gasteiger partial charge in [-0.3, -0.25) is 14.5 Å². The highest BCUT2D eigenvalue weighted by Gasteiger charge is 2.47. The molecule has 4 rings (SSSR count). The lowest BCUT2D eigenvalue weighted by atomic mass is 9.95. The van der Waals surface area contributed by atoms with Crippen LogP contribution in [-0.4, -0.2) is 32.7 Å². The monoisotopic (exact) mass is 445 g/mol. The second-order valence-electron chi connectivity index (χ2n) is 6.38. The van der Waals surface area contributed by atoms with Crippen LogP contribution in [0.1, 0.15) is 34.8 Å². The summed E-state index contributed by atoms with van der Waals surface area (Å²) in [6.07, 6.45) is 0. The van der Waals surface area contributed by atoms with Gasteiger partial charge in [-0.25, -0.2) is 4.39 Å². The Hall–Kier alpha value is -2.98. The van der Waals surface area contributed by atoms with E-state index < -0.39 is 29.3 Å². The van der Waals surface area contributed by atoms with Gasteiger partial charge in [0.05, 0.1) is 5.57 Å². The quantitative estimate of drug-likeness (QED) is 0.340. The fourth-order valence-corrected chi connectivity index (χ4v) is 4.96. The first kappa shape index (κ1) is 20.3. The molecule has 3 aromatic rings. The normalized spacial score (nSPS) is 16.6. The molecular formula is C20H16FN3O4S2. The highest BCUT2D eigenvalue weighted by atomic mass is 32.2. The predicted octanol–water partition coefficient (Wildman–Crippen LogP) is 4.47. The van der Waals surface area contributed by atoms with Crippen molar-refractivity contribution in [1.82, 2.24) is 10.2 Å². The maximum Gasteiger partial charge on any atom is 0.296 e. The number of aryl methyl sites for hydroxylation is 1. The molecular weight excluding hydrogens is 429 g/mol. The molecule has 0 saturated carbocycles. The van der Waals surface area contributed by atoms with E-state index in [-0.39, 0.29) is 22.0 Å². The molecule has 1 atom stereocenters. The Morgan fingerprint density at radius 1 is 1.30 bits per heavy atom. The number of carbonyl (C=O) groups excluding carboxylic acids is 2. The highest BCUT2D eigenvalue weighted by Crippen LogP contribution is 2.44. The predicted molar refractivity (Wildman–Crippen MR) is 110 cm³/mol. The number of ketones is 1. The number of hydrogen-bond acceptors (Lipinski definition) is 8. The molecule has 0 fully saturated rings. The van der Waals surface area contributed by atoms with Gasteiger partial charge < -0.3 is 9.52 Å². The summed E-state index contributed by atoms with van der Waals surface area (Å²) in [5, 5.41) is 18.8. The summed E-state index contributed by atoms with van der Waals surface area (Å²) in [7, 11) is 0. The van der Waals surface area contributed by atoms with E-state index in [0.717, 1.165) is 22.0 Å². The number of furan rings is 1. The summed E-state index contributed by atoms with van der Waals surface area (Å²) in [5.41, 5.74) is -0.208. The number of amides is 1. The molecule has 0 bridgehead atoms. The van der Waals surface area contributed by atoms with Gasteiger partial charge in [-0.1, -0.05) is 48.2 Å². The number of thioether (sulfide) groups is 1. The molecule has 0 radical (unpaired) electrons. The maximum absolute atomic E-state index is 14.7. The van der Waals surface area contributed by atoms with Crippen molar-refractivity contribution in [3.05, 3.63) is 70.6 Å². The minimum Gasteiger partial charge on any atom is -0.503 e. The van der Waals surface area contributed by atoms with Crippen molar-refractivity contribution in [1.29, 1.82) is 0 Å². The van der Waals surface area contributed by atoms with Crippen molar-refractivity contribution < 1.29 is 23.5 Å². The zero-order chi connectivity index (χ0) is 21.4. The fraction of sp³-hybridized carbons (Fsp3) is 0.200. The SMILES string of the molecule is CCSc1nnc(N2C(=O)C(O)=C(C(=O)c3ccc(C)o3)[C@H]2c2ccccc2F)s1. The van der Waals surface area contributed by atoms with Crippen LogP contribution in [0.3, 0.4) is 0 Å². The number of rotatable bonds is 6. The summed E-state index contributed by atoms with van der Waals surface area (Å²) in [6.45, 7) is 3.62. The van der Waals surface area contributed by atoms with E-state index >= 15 is 0 Å². The van der Waals surface area contributed by atoms with Crippen LogP contribution in [0.15, 0.2) is 56.5 Å². The Morgan fingerprint density at radius 3 is 2.73 bits per heavy atom. The van der Waals surface area contributed by atoms with Gasteiger partial charge in [-0.2, -0.15) is 0 Å². The average molecular weight is 445 g/mol. The summed E-state index contributed by atoms with van der Waals surface area (Å²) in [5.74, 6) is -1.73. The lowest BCUT2D eigenvalue weighted by molar-refractivity contribution is -0.117. The number of anilines is 1. The number of carbonyl (C=O) groups is 2. The number of aromatic nitrogens is 2. The lowest BCUT2D eigenvalue weighted by Crippen LogP contribution is -2.31. The van der Waals surface area contributed by atoms with Crippen molar-refractivity contribution in [2.75, 3.05) is 10.7 Å². The summed E-state index contributed by atoms with van der Waals surface area (Å²) in [6, 6.07) is 7.62. The van der Waals surface area contributed by atoms with E-state index in [1.807, 2.05) is 6.92 Å². The maximum atomic E-state index is 14.7. The minimum absolute atomic E-state index is 0.0514. The third-order valence-electron chi connectivity index (χ3n) is 4.49. The fourth-order valence-electron chi connectivity index (χ4n) is 3.20. The van der Waals surface area contributed by atoms with Gasteiger partial charge >= 0.3 is 0 Å². The molecule has 0 aliphatic carbocycles. The molecule has 0 spiro atoms. The van der Waals surface area contributed by atoms with Gasteiger partial charge in [0.15, 0.2) is 15.9 Å². The van der Waals surface area contributed by atoms with Crippen LogP contribution in [0.4, 0.5) is 9.52 Å². The molecule has 0 saturated heterocycles. The topological polar surface area (TPSA) is 96.5 Å². The standard InChI is InChI=1S/C20H16FN3O4S2/c1-3-29-20-23-22-19(30-20)24-15(11-6-4-5-7-12(11)21)14(17(26)18(24)27)16(25)13-9-8-10(2)28-13/h4-9,15,26H,3H2,1-2H3/t15-/m1/s1. The van der Waals surface area contributed by atoms with Gasteiger partial charge in [0.25, 0.3) is 5.91 Å². The Kier molecular flexibility index (Phi) is 5.44. The van der Waals surface area contributed by atoms with Gasteiger partial charge in [0.2, 0.25) is 10.9 Å². The number of aliphatic hydroxyl groups is 1. The number of aliphatic hydroxyl groups excluding tert-OH is 1. The first-order valence-corrected chi connectivity index (χ1v) is 10.8. The number of hydrogen-bond donors (Lipinski definition) is 1. The number of halogens is 1. The highest BCUT2D eigenvalue weighted by molar-refractivity contribution is 8.01. The first-order chi connectivity index (χ1) is 14.4. The Morgan fingerprint density at radius 2 is 2.07 bits per heavy atom. The average Bonchev–Trinajstić information content (AvgIpc) is 3.42. The molecule has 1 aliphatic heterocycles. The molecule has 3 heterocycles. The van der Waals surface area contributed by atoms with Gasteiger partial charge in [0.1, 0.15) is 17.6 Å². The second kappa shape index (κ2) is 8.04. The Balaban J connectivity index is 1.86. The number of Topliss-reactive ketones (excluding diaryl/α,β-unsaturated/α-hetero) is 1. The largest absolute Gasteiger partial charge is 0.503 e. The number of benzene rings is 1. The first-order valence-electron chi connectivity index (χ1n) is 9.01. The molecule has 0 unspecified atom stereocenters. The zero-order valence-corrected chi connectivity index (χ0v) is 17.6. The second-order valence-corrected chi connectivity index (χ2v) is 8.85. The summed E-state index contributed by atoms with van der Waals surface area (Å²) >= 11 is 2.57. The molecule has 1 aromatic carbocycles. The smallest absolute Gasteiger partial charge is 0.296 e. The Labute approximate surface area is 179 Å². The third kappa shape index (κ3) is 3.41. The molecule has 30 heavy (non-hydrogen) atoms. The van der Waals surface area contributed by atoms with E-state index in [2.05, 4.69) is 10.2 Å². The van der Waals surface area contributed by atoms with E-state index in [1.165, 1.54) is 36.0 Å². The van der Waals surface area contributed by atoms with E-state index in [4.69, 9.17) is 4.42 Å². The van der Waals surface area contributed by atoms with Crippen molar-refractivity contribution in [3.63, 3.8) is 0 Å².